The van der Waals surface area contributed by atoms with Crippen LogP contribution in [0, 0.1) is 0 Å². The number of ether oxygens (including phenoxy) is 1. The molecule has 24 heavy (non-hydrogen) atoms. The Bertz CT molecular complexity index is 825. The molecule has 0 aromatic heterocycles. The number of Topliss-reactive ketones (excluding diaryl/α,β-unsaturated/α-hetero) is 2. The van der Waals surface area contributed by atoms with Crippen molar-refractivity contribution >= 4 is 60.9 Å². The van der Waals surface area contributed by atoms with Crippen LogP contribution in [0.2, 0.25) is 0 Å². The van der Waals surface area contributed by atoms with Crippen molar-refractivity contribution in [2.24, 2.45) is 5.73 Å². The van der Waals surface area contributed by atoms with E-state index in [1.165, 1.54) is 7.11 Å². The van der Waals surface area contributed by atoms with Gasteiger partial charge in [-0.1, -0.05) is 0 Å². The second-order valence-electron chi connectivity index (χ2n) is 4.58. The van der Waals surface area contributed by atoms with Crippen LogP contribution in [0.4, 0.5) is 5.69 Å². The zero-order valence-electron chi connectivity index (χ0n) is 12.2. The molecular formula is C15H10Br2N2O5. The van der Waals surface area contributed by atoms with Crippen molar-refractivity contribution in [3.05, 3.63) is 44.4 Å². The van der Waals surface area contributed by atoms with Crippen molar-refractivity contribution < 1.29 is 23.9 Å². The number of amides is 2. The van der Waals surface area contributed by atoms with E-state index in [1.807, 2.05) is 0 Å². The number of nitrogens with two attached hydrogens (primary N) is 1. The Kier molecular flexibility index (Phi) is 5.35. The van der Waals surface area contributed by atoms with E-state index >= 15 is 0 Å². The lowest BCUT2D eigenvalue weighted by molar-refractivity contribution is -0.123. The molecule has 3 N–H and O–H groups in total. The van der Waals surface area contributed by atoms with Crippen LogP contribution < -0.4 is 15.8 Å². The topological polar surface area (TPSA) is 116 Å². The molecule has 0 spiro atoms. The molecule has 9 heteroatoms. The Morgan fingerprint density at radius 2 is 1.50 bits per heavy atom. The number of ketones is 2. The number of benzene rings is 1. The molecule has 0 saturated heterocycles. The average Bonchev–Trinajstić information content (AvgIpc) is 2.54. The predicted molar refractivity (Wildman–Crippen MR) is 92.7 cm³/mol. The van der Waals surface area contributed by atoms with Crippen LogP contribution in [-0.2, 0) is 19.2 Å². The lowest BCUT2D eigenvalue weighted by Gasteiger charge is -2.16. The van der Waals surface area contributed by atoms with Crippen molar-refractivity contribution in [2.75, 3.05) is 12.4 Å². The summed E-state index contributed by atoms with van der Waals surface area (Å²) in [5.41, 5.74) is 4.56. The number of rotatable bonds is 4. The summed E-state index contributed by atoms with van der Waals surface area (Å²) < 4.78 is 4.33. The van der Waals surface area contributed by atoms with Crippen LogP contribution in [0.15, 0.2) is 44.4 Å². The van der Waals surface area contributed by atoms with Crippen LogP contribution in [0.5, 0.6) is 5.75 Å². The molecule has 0 unspecified atom stereocenters. The van der Waals surface area contributed by atoms with Gasteiger partial charge in [-0.15, -0.1) is 0 Å². The highest BCUT2D eigenvalue weighted by atomic mass is 79.9. The summed E-state index contributed by atoms with van der Waals surface area (Å²) in [6, 6.07) is 6.38. The Labute approximate surface area is 153 Å². The van der Waals surface area contributed by atoms with E-state index in [1.54, 1.807) is 24.3 Å². The smallest absolute Gasteiger partial charge is 0.260 e. The number of anilines is 1. The van der Waals surface area contributed by atoms with Gasteiger partial charge in [0.25, 0.3) is 11.8 Å². The molecule has 0 atom stereocenters. The minimum absolute atomic E-state index is 0.324. The minimum Gasteiger partial charge on any atom is -0.497 e. The van der Waals surface area contributed by atoms with Gasteiger partial charge in [-0.3, -0.25) is 19.2 Å². The number of methoxy groups -OCH3 is 1. The standard InChI is InChI=1S/C15H10Br2N2O5/c1-24-7-4-2-6(3-5-7)19-15(23)9-11(17)12(20)8(14(18)22)10(16)13(9)21/h2-5H,1H3,(H2,18,22)(H,19,23). The van der Waals surface area contributed by atoms with Gasteiger partial charge >= 0.3 is 0 Å². The third kappa shape index (κ3) is 3.31. The van der Waals surface area contributed by atoms with E-state index in [-0.39, 0.29) is 8.96 Å². The number of primary amides is 1. The fraction of sp³-hybridized carbons (Fsp3) is 0.0667. The van der Waals surface area contributed by atoms with Gasteiger partial charge in [-0.2, -0.15) is 0 Å². The maximum absolute atomic E-state index is 12.3. The van der Waals surface area contributed by atoms with Crippen molar-refractivity contribution in [1.82, 2.24) is 0 Å². The Morgan fingerprint density at radius 1 is 1.00 bits per heavy atom. The fourth-order valence-electron chi connectivity index (χ4n) is 1.94. The van der Waals surface area contributed by atoms with Gasteiger partial charge in [0.1, 0.15) is 16.9 Å². The molecule has 0 radical (unpaired) electrons. The highest BCUT2D eigenvalue weighted by Gasteiger charge is 2.38. The quantitative estimate of drug-likeness (QED) is 0.525. The molecule has 0 bridgehead atoms. The predicted octanol–water partition coefficient (Wildman–Crippen LogP) is 1.57. The van der Waals surface area contributed by atoms with Crippen molar-refractivity contribution in [3.8, 4) is 5.75 Å². The Balaban J connectivity index is 2.33. The SMILES string of the molecule is COc1ccc(NC(=O)C2=C(Br)C(=O)C(C(N)=O)=C(Br)C2=O)cc1. The maximum atomic E-state index is 12.3. The van der Waals surface area contributed by atoms with E-state index in [0.29, 0.717) is 11.4 Å². The second-order valence-corrected chi connectivity index (χ2v) is 6.17. The number of nitrogens with one attached hydrogen (secondary N) is 1. The van der Waals surface area contributed by atoms with E-state index in [0.717, 1.165) is 0 Å². The molecule has 0 heterocycles. The molecule has 1 aromatic rings. The van der Waals surface area contributed by atoms with Crippen molar-refractivity contribution in [1.29, 1.82) is 0 Å². The number of carbonyl (C=O) groups excluding carboxylic acids is 4. The minimum atomic E-state index is -1.06. The second kappa shape index (κ2) is 7.10. The van der Waals surface area contributed by atoms with E-state index in [9.17, 15) is 19.2 Å². The molecule has 2 rings (SSSR count). The summed E-state index contributed by atoms with van der Waals surface area (Å²) in [5, 5.41) is 2.49. The molecule has 0 fully saturated rings. The number of hydrogen-bond donors (Lipinski definition) is 2. The number of allylic oxidation sites excluding steroid dienone is 2. The number of halogens is 2. The molecule has 2 amide bonds. The van der Waals surface area contributed by atoms with Crippen LogP contribution in [0.25, 0.3) is 0 Å². The molecule has 124 valence electrons. The van der Waals surface area contributed by atoms with E-state index in [4.69, 9.17) is 10.5 Å². The van der Waals surface area contributed by atoms with Gasteiger partial charge in [0, 0.05) is 5.69 Å². The Morgan fingerprint density at radius 3 is 2.00 bits per heavy atom. The van der Waals surface area contributed by atoms with Gasteiger partial charge in [0.05, 0.1) is 16.1 Å². The van der Waals surface area contributed by atoms with Gasteiger partial charge in [-0.05, 0) is 56.1 Å². The van der Waals surface area contributed by atoms with Crippen LogP contribution in [-0.4, -0.2) is 30.5 Å². The molecule has 7 nitrogen and oxygen atoms in total. The summed E-state index contributed by atoms with van der Waals surface area (Å²) in [6.45, 7) is 0. The molecule has 1 aliphatic rings. The van der Waals surface area contributed by atoms with Crippen LogP contribution >= 0.6 is 31.9 Å². The summed E-state index contributed by atoms with van der Waals surface area (Å²) in [5.74, 6) is -2.93. The Hall–Kier alpha value is -2.26. The first kappa shape index (κ1) is 18.1. The van der Waals surface area contributed by atoms with Crippen molar-refractivity contribution in [2.45, 2.75) is 0 Å². The lowest BCUT2D eigenvalue weighted by atomic mass is 9.96. The lowest BCUT2D eigenvalue weighted by Crippen LogP contribution is -2.32. The van der Waals surface area contributed by atoms with E-state index in [2.05, 4.69) is 37.2 Å². The average molecular weight is 458 g/mol. The highest BCUT2D eigenvalue weighted by molar-refractivity contribution is 9.12. The maximum Gasteiger partial charge on any atom is 0.260 e. The van der Waals surface area contributed by atoms with Gasteiger partial charge in [0.2, 0.25) is 11.6 Å². The fourth-order valence-corrected chi connectivity index (χ4v) is 3.07. The third-order valence-electron chi connectivity index (χ3n) is 3.11. The monoisotopic (exact) mass is 456 g/mol. The highest BCUT2D eigenvalue weighted by Crippen LogP contribution is 2.32. The molecule has 0 saturated carbocycles. The number of carbonyl (C=O) groups is 4. The summed E-state index contributed by atoms with van der Waals surface area (Å²) >= 11 is 5.76. The number of hydrogen-bond acceptors (Lipinski definition) is 5. The zero-order chi connectivity index (χ0) is 18.0. The largest absolute Gasteiger partial charge is 0.497 e. The molecule has 1 aliphatic carbocycles. The van der Waals surface area contributed by atoms with Crippen molar-refractivity contribution in [3.63, 3.8) is 0 Å². The normalized spacial score (nSPS) is 14.8. The first-order chi connectivity index (χ1) is 11.3. The van der Waals surface area contributed by atoms with Crippen LogP contribution in [0.3, 0.4) is 0 Å². The van der Waals surface area contributed by atoms with E-state index < -0.39 is 34.5 Å². The third-order valence-corrected chi connectivity index (χ3v) is 4.63. The molecule has 0 aliphatic heterocycles. The molecule has 1 aromatic carbocycles. The summed E-state index contributed by atoms with van der Waals surface area (Å²) in [7, 11) is 1.50. The summed E-state index contributed by atoms with van der Waals surface area (Å²) in [4.78, 5) is 48.1. The van der Waals surface area contributed by atoms with Crippen LogP contribution in [0.1, 0.15) is 0 Å². The van der Waals surface area contributed by atoms with Gasteiger partial charge < -0.3 is 15.8 Å². The van der Waals surface area contributed by atoms with Gasteiger partial charge in [-0.25, -0.2) is 0 Å². The first-order valence-corrected chi connectivity index (χ1v) is 8.00. The zero-order valence-corrected chi connectivity index (χ0v) is 15.4. The molecular weight excluding hydrogens is 448 g/mol. The first-order valence-electron chi connectivity index (χ1n) is 6.42. The summed E-state index contributed by atoms with van der Waals surface area (Å²) in [6.07, 6.45) is 0. The van der Waals surface area contributed by atoms with Gasteiger partial charge in [0.15, 0.2) is 0 Å².